The molecule has 4 rings (SSSR count). The van der Waals surface area contributed by atoms with Crippen molar-refractivity contribution in [1.29, 1.82) is 0 Å². The van der Waals surface area contributed by atoms with E-state index in [-0.39, 0.29) is 17.6 Å². The molecule has 1 aliphatic rings. The molecule has 3 aromatic rings. The van der Waals surface area contributed by atoms with Gasteiger partial charge < -0.3 is 5.32 Å². The van der Waals surface area contributed by atoms with Crippen LogP contribution in [-0.2, 0) is 6.54 Å². The first-order chi connectivity index (χ1) is 12.2. The molecule has 25 heavy (non-hydrogen) atoms. The van der Waals surface area contributed by atoms with Gasteiger partial charge in [-0.3, -0.25) is 14.3 Å². The van der Waals surface area contributed by atoms with Gasteiger partial charge in [-0.25, -0.2) is 9.48 Å². The molecule has 1 saturated carbocycles. The SMILES string of the molecule is O=C(NCCn1nc(-c2cccs2)n(C2CC2)c1=O)c1cccnc1. The van der Waals surface area contributed by atoms with Gasteiger partial charge >= 0.3 is 5.69 Å². The van der Waals surface area contributed by atoms with Crippen molar-refractivity contribution in [2.75, 3.05) is 6.54 Å². The van der Waals surface area contributed by atoms with E-state index in [9.17, 15) is 9.59 Å². The fraction of sp³-hybridized carbons (Fsp3) is 0.294. The summed E-state index contributed by atoms with van der Waals surface area (Å²) in [7, 11) is 0. The van der Waals surface area contributed by atoms with E-state index in [0.29, 0.717) is 18.7 Å². The third-order valence-corrected chi connectivity index (χ3v) is 4.92. The van der Waals surface area contributed by atoms with Gasteiger partial charge in [0.15, 0.2) is 5.82 Å². The van der Waals surface area contributed by atoms with Gasteiger partial charge in [-0.15, -0.1) is 16.4 Å². The normalized spacial score (nSPS) is 13.8. The summed E-state index contributed by atoms with van der Waals surface area (Å²) in [6.45, 7) is 0.669. The van der Waals surface area contributed by atoms with Gasteiger partial charge in [0.1, 0.15) is 0 Å². The van der Waals surface area contributed by atoms with E-state index >= 15 is 0 Å². The van der Waals surface area contributed by atoms with Crippen LogP contribution in [0.5, 0.6) is 0 Å². The Morgan fingerprint density at radius 2 is 2.20 bits per heavy atom. The molecule has 0 spiro atoms. The first-order valence-electron chi connectivity index (χ1n) is 8.15. The Morgan fingerprint density at radius 3 is 2.88 bits per heavy atom. The molecule has 3 aromatic heterocycles. The van der Waals surface area contributed by atoms with Crippen molar-refractivity contribution in [3.8, 4) is 10.7 Å². The third-order valence-electron chi connectivity index (χ3n) is 4.06. The molecular weight excluding hydrogens is 338 g/mol. The predicted molar refractivity (Wildman–Crippen MR) is 94.6 cm³/mol. The van der Waals surface area contributed by atoms with E-state index in [2.05, 4.69) is 15.4 Å². The molecule has 1 fully saturated rings. The van der Waals surface area contributed by atoms with Crippen LogP contribution < -0.4 is 11.0 Å². The van der Waals surface area contributed by atoms with Crippen LogP contribution >= 0.6 is 11.3 Å². The van der Waals surface area contributed by atoms with Crippen LogP contribution in [0.15, 0.2) is 46.8 Å². The number of aromatic nitrogens is 4. The van der Waals surface area contributed by atoms with Crippen molar-refractivity contribution in [3.63, 3.8) is 0 Å². The average Bonchev–Trinajstić information content (AvgIpc) is 3.21. The van der Waals surface area contributed by atoms with Gasteiger partial charge in [-0.05, 0) is 36.4 Å². The lowest BCUT2D eigenvalue weighted by atomic mass is 10.3. The summed E-state index contributed by atoms with van der Waals surface area (Å²) in [5.41, 5.74) is 0.388. The fourth-order valence-corrected chi connectivity index (χ4v) is 3.38. The number of pyridine rings is 1. The zero-order valence-electron chi connectivity index (χ0n) is 13.5. The first kappa shape index (κ1) is 15.8. The van der Waals surface area contributed by atoms with E-state index in [1.54, 1.807) is 34.2 Å². The molecule has 1 aliphatic carbocycles. The minimum absolute atomic E-state index is 0.110. The summed E-state index contributed by atoms with van der Waals surface area (Å²) >= 11 is 1.57. The zero-order valence-corrected chi connectivity index (χ0v) is 14.3. The highest BCUT2D eigenvalue weighted by molar-refractivity contribution is 7.13. The smallest absolute Gasteiger partial charge is 0.346 e. The second kappa shape index (κ2) is 6.64. The van der Waals surface area contributed by atoms with E-state index in [1.807, 2.05) is 17.5 Å². The number of nitrogens with one attached hydrogen (secondary N) is 1. The molecule has 0 unspecified atom stereocenters. The van der Waals surface area contributed by atoms with Crippen molar-refractivity contribution in [3.05, 3.63) is 58.1 Å². The van der Waals surface area contributed by atoms with Gasteiger partial charge in [-0.2, -0.15) is 0 Å². The number of hydrogen-bond acceptors (Lipinski definition) is 5. The standard InChI is InChI=1S/C17H17N5O2S/c23-16(12-3-1-7-18-11-12)19-8-9-21-17(24)22(13-5-6-13)15(20-21)14-4-2-10-25-14/h1-4,7,10-11,13H,5-6,8-9H2,(H,19,23). The minimum Gasteiger partial charge on any atom is -0.350 e. The number of thiophene rings is 1. The van der Waals surface area contributed by atoms with E-state index in [0.717, 1.165) is 23.5 Å². The van der Waals surface area contributed by atoms with Crippen LogP contribution in [0.3, 0.4) is 0 Å². The number of rotatable bonds is 6. The molecule has 0 aliphatic heterocycles. The number of nitrogens with zero attached hydrogens (tertiary/aromatic N) is 4. The molecule has 0 saturated heterocycles. The Hall–Kier alpha value is -2.74. The van der Waals surface area contributed by atoms with Crippen molar-refractivity contribution >= 4 is 17.2 Å². The van der Waals surface area contributed by atoms with Gasteiger partial charge in [0, 0.05) is 25.0 Å². The lowest BCUT2D eigenvalue weighted by Crippen LogP contribution is -2.32. The molecule has 1 amide bonds. The quantitative estimate of drug-likeness (QED) is 0.732. The predicted octanol–water partition coefficient (Wildman–Crippen LogP) is 1.93. The van der Waals surface area contributed by atoms with Gasteiger partial charge in [0.2, 0.25) is 0 Å². The number of amides is 1. The van der Waals surface area contributed by atoms with E-state index in [4.69, 9.17) is 0 Å². The van der Waals surface area contributed by atoms with Gasteiger partial charge in [-0.1, -0.05) is 6.07 Å². The first-order valence-corrected chi connectivity index (χ1v) is 9.03. The van der Waals surface area contributed by atoms with Gasteiger partial charge in [0.25, 0.3) is 5.91 Å². The van der Waals surface area contributed by atoms with Crippen LogP contribution in [0.4, 0.5) is 0 Å². The van der Waals surface area contributed by atoms with Crippen molar-refractivity contribution in [2.45, 2.75) is 25.4 Å². The summed E-state index contributed by atoms with van der Waals surface area (Å²) in [4.78, 5) is 29.6. The summed E-state index contributed by atoms with van der Waals surface area (Å²) in [5, 5.41) is 9.27. The average molecular weight is 355 g/mol. The fourth-order valence-electron chi connectivity index (χ4n) is 2.68. The van der Waals surface area contributed by atoms with E-state index in [1.165, 1.54) is 10.9 Å². The summed E-state index contributed by atoms with van der Waals surface area (Å²) in [5.74, 6) is 0.516. The molecule has 1 N–H and O–H groups in total. The number of carbonyl (C=O) groups is 1. The van der Waals surface area contributed by atoms with Crippen LogP contribution in [0.2, 0.25) is 0 Å². The summed E-state index contributed by atoms with van der Waals surface area (Å²) in [6.07, 6.45) is 5.16. The van der Waals surface area contributed by atoms with E-state index < -0.39 is 0 Å². The zero-order chi connectivity index (χ0) is 17.2. The molecule has 128 valence electrons. The maximum absolute atomic E-state index is 12.7. The molecule has 0 radical (unpaired) electrons. The van der Waals surface area contributed by atoms with Crippen LogP contribution in [0, 0.1) is 0 Å². The minimum atomic E-state index is -0.207. The highest BCUT2D eigenvalue weighted by Crippen LogP contribution is 2.37. The van der Waals surface area contributed by atoms with Crippen molar-refractivity contribution in [2.24, 2.45) is 0 Å². The summed E-state index contributed by atoms with van der Waals surface area (Å²) in [6, 6.07) is 7.59. The monoisotopic (exact) mass is 355 g/mol. The molecular formula is C17H17N5O2S. The Labute approximate surface area is 147 Å². The van der Waals surface area contributed by atoms with Crippen molar-refractivity contribution in [1.82, 2.24) is 24.6 Å². The Balaban J connectivity index is 1.49. The second-order valence-electron chi connectivity index (χ2n) is 5.91. The lowest BCUT2D eigenvalue weighted by Gasteiger charge is -2.04. The number of carbonyl (C=O) groups excluding carboxylic acids is 1. The largest absolute Gasteiger partial charge is 0.350 e. The highest BCUT2D eigenvalue weighted by Gasteiger charge is 2.30. The van der Waals surface area contributed by atoms with Crippen LogP contribution in [0.25, 0.3) is 10.7 Å². The second-order valence-corrected chi connectivity index (χ2v) is 6.85. The molecule has 7 nitrogen and oxygen atoms in total. The van der Waals surface area contributed by atoms with Crippen LogP contribution in [0.1, 0.15) is 29.2 Å². The van der Waals surface area contributed by atoms with Crippen molar-refractivity contribution < 1.29 is 4.79 Å². The molecule has 0 bridgehead atoms. The maximum Gasteiger partial charge on any atom is 0.346 e. The molecule has 0 atom stereocenters. The van der Waals surface area contributed by atoms with Gasteiger partial charge in [0.05, 0.1) is 17.0 Å². The topological polar surface area (TPSA) is 81.8 Å². The lowest BCUT2D eigenvalue weighted by molar-refractivity contribution is 0.0951. The Morgan fingerprint density at radius 1 is 1.32 bits per heavy atom. The molecule has 8 heteroatoms. The highest BCUT2D eigenvalue weighted by atomic mass is 32.1. The Kier molecular flexibility index (Phi) is 4.19. The number of hydrogen-bond donors (Lipinski definition) is 1. The third kappa shape index (κ3) is 3.25. The Bertz CT molecular complexity index is 926. The molecule has 0 aromatic carbocycles. The maximum atomic E-state index is 12.7. The van der Waals surface area contributed by atoms with Crippen LogP contribution in [-0.4, -0.2) is 31.8 Å². The summed E-state index contributed by atoms with van der Waals surface area (Å²) < 4.78 is 3.23. The molecule has 3 heterocycles.